The molecule has 0 amide bonds. The van der Waals surface area contributed by atoms with Crippen molar-refractivity contribution < 1.29 is 4.57 Å². The van der Waals surface area contributed by atoms with Gasteiger partial charge in [0.15, 0.2) is 18.2 Å². The smallest absolute Gasteiger partial charge is 0.205 e. The molecular formula is C28H24N5+. The van der Waals surface area contributed by atoms with Crippen LogP contribution in [0, 0.1) is 13.8 Å². The van der Waals surface area contributed by atoms with Crippen LogP contribution in [0.3, 0.4) is 0 Å². The maximum Gasteiger partial charge on any atom is 0.205 e. The molecule has 5 nitrogen and oxygen atoms in total. The van der Waals surface area contributed by atoms with Crippen LogP contribution in [0.2, 0.25) is 0 Å². The third-order valence-corrected chi connectivity index (χ3v) is 6.25. The molecular weight excluding hydrogens is 406 g/mol. The maximum atomic E-state index is 4.80. The first-order valence-electron chi connectivity index (χ1n) is 11.1. The zero-order chi connectivity index (χ0) is 22.4. The molecule has 6 aromatic rings. The molecule has 0 aliphatic carbocycles. The molecule has 0 aliphatic heterocycles. The molecule has 0 saturated heterocycles. The highest BCUT2D eigenvalue weighted by atomic mass is 15.0. The number of aryl methyl sites for hydroxylation is 2. The van der Waals surface area contributed by atoms with E-state index in [-0.39, 0.29) is 0 Å². The van der Waals surface area contributed by atoms with Crippen molar-refractivity contribution >= 4 is 22.1 Å². The Bertz CT molecular complexity index is 1570. The molecule has 3 aromatic heterocycles. The average molecular weight is 431 g/mol. The maximum absolute atomic E-state index is 4.80. The summed E-state index contributed by atoms with van der Waals surface area (Å²) in [7, 11) is 0. The molecule has 160 valence electrons. The summed E-state index contributed by atoms with van der Waals surface area (Å²) in [5.74, 6) is 1.81. The summed E-state index contributed by atoms with van der Waals surface area (Å²) in [5, 5.41) is 0. The van der Waals surface area contributed by atoms with Crippen molar-refractivity contribution in [2.24, 2.45) is 0 Å². The third-order valence-electron chi connectivity index (χ3n) is 6.25. The van der Waals surface area contributed by atoms with Crippen molar-refractivity contribution in [3.05, 3.63) is 102 Å². The van der Waals surface area contributed by atoms with E-state index >= 15 is 0 Å². The van der Waals surface area contributed by atoms with Crippen LogP contribution in [0.1, 0.15) is 17.0 Å². The van der Waals surface area contributed by atoms with E-state index in [1.165, 1.54) is 22.3 Å². The lowest BCUT2D eigenvalue weighted by molar-refractivity contribution is -0.688. The van der Waals surface area contributed by atoms with Gasteiger partial charge < -0.3 is 9.97 Å². The number of aromatic amines is 2. The second-order valence-corrected chi connectivity index (χ2v) is 8.58. The van der Waals surface area contributed by atoms with Crippen LogP contribution in [-0.2, 0) is 6.54 Å². The van der Waals surface area contributed by atoms with Gasteiger partial charge in [0, 0.05) is 11.6 Å². The molecule has 33 heavy (non-hydrogen) atoms. The highest BCUT2D eigenvalue weighted by Gasteiger charge is 2.12. The van der Waals surface area contributed by atoms with E-state index in [1.54, 1.807) is 0 Å². The molecule has 6 rings (SSSR count). The van der Waals surface area contributed by atoms with Gasteiger partial charge in [0.25, 0.3) is 0 Å². The SMILES string of the molecule is Cc1ccc(-c2ccc(-c3nc4cc[n+](Cc5nc6ccccc6[nH]5)cc4[nH]3)cc2)cc1C. The molecule has 5 heteroatoms. The van der Waals surface area contributed by atoms with Gasteiger partial charge in [-0.15, -0.1) is 0 Å². The Labute approximate surface area is 191 Å². The van der Waals surface area contributed by atoms with Crippen molar-refractivity contribution in [1.82, 2.24) is 19.9 Å². The molecule has 0 radical (unpaired) electrons. The molecule has 3 aromatic carbocycles. The number of hydrogen-bond donors (Lipinski definition) is 2. The summed E-state index contributed by atoms with van der Waals surface area (Å²) < 4.78 is 2.12. The number of pyridine rings is 1. The fourth-order valence-electron chi connectivity index (χ4n) is 4.23. The van der Waals surface area contributed by atoms with Gasteiger partial charge in [-0.1, -0.05) is 54.6 Å². The standard InChI is InChI=1S/C28H23N5/c1-18-7-8-22(15-19(18)2)20-9-11-21(12-10-20)28-31-25-13-14-33(16-26(25)32-28)17-27-29-23-5-3-4-6-24(23)30-27/h3-16H,17H2,1-2H3,(H,29,30)/p+1. The number of nitrogens with zero attached hydrogens (tertiary/aromatic N) is 3. The Morgan fingerprint density at radius 1 is 0.697 bits per heavy atom. The summed E-state index contributed by atoms with van der Waals surface area (Å²) in [5.41, 5.74) is 10.1. The Kier molecular flexibility index (Phi) is 4.54. The first kappa shape index (κ1) is 19.4. The van der Waals surface area contributed by atoms with E-state index in [9.17, 15) is 0 Å². The lowest BCUT2D eigenvalue weighted by Gasteiger charge is -2.06. The lowest BCUT2D eigenvalue weighted by Crippen LogP contribution is -2.33. The third kappa shape index (κ3) is 3.68. The summed E-state index contributed by atoms with van der Waals surface area (Å²) in [4.78, 5) is 16.4. The van der Waals surface area contributed by atoms with Gasteiger partial charge in [0.05, 0.1) is 11.0 Å². The van der Waals surface area contributed by atoms with Gasteiger partial charge in [0.1, 0.15) is 16.9 Å². The number of benzene rings is 3. The van der Waals surface area contributed by atoms with Crippen LogP contribution < -0.4 is 4.57 Å². The second-order valence-electron chi connectivity index (χ2n) is 8.58. The topological polar surface area (TPSA) is 61.2 Å². The van der Waals surface area contributed by atoms with Gasteiger partial charge >= 0.3 is 0 Å². The summed E-state index contributed by atoms with van der Waals surface area (Å²) in [6.45, 7) is 4.97. The molecule has 0 saturated carbocycles. The zero-order valence-corrected chi connectivity index (χ0v) is 18.6. The van der Waals surface area contributed by atoms with Crippen LogP contribution in [0.4, 0.5) is 0 Å². The lowest BCUT2D eigenvalue weighted by atomic mass is 9.99. The predicted molar refractivity (Wildman–Crippen MR) is 132 cm³/mol. The Hall–Kier alpha value is -4.25. The number of H-pyrrole nitrogens is 2. The number of aromatic nitrogens is 5. The van der Waals surface area contributed by atoms with Gasteiger partial charge in [-0.05, 0) is 48.2 Å². The van der Waals surface area contributed by atoms with E-state index in [0.29, 0.717) is 6.54 Å². The minimum Gasteiger partial charge on any atom is -0.337 e. The van der Waals surface area contributed by atoms with Crippen molar-refractivity contribution in [3.63, 3.8) is 0 Å². The molecule has 0 unspecified atom stereocenters. The van der Waals surface area contributed by atoms with Crippen molar-refractivity contribution in [3.8, 4) is 22.5 Å². The quantitative estimate of drug-likeness (QED) is 0.351. The van der Waals surface area contributed by atoms with Crippen LogP contribution in [0.15, 0.2) is 85.2 Å². The van der Waals surface area contributed by atoms with Crippen molar-refractivity contribution in [1.29, 1.82) is 0 Å². The van der Waals surface area contributed by atoms with E-state index < -0.39 is 0 Å². The van der Waals surface area contributed by atoms with Gasteiger partial charge in [-0.2, -0.15) is 4.57 Å². The van der Waals surface area contributed by atoms with Crippen LogP contribution in [0.25, 0.3) is 44.6 Å². The molecule has 2 N–H and O–H groups in total. The largest absolute Gasteiger partial charge is 0.337 e. The molecule has 0 spiro atoms. The Morgan fingerprint density at radius 3 is 2.27 bits per heavy atom. The Balaban J connectivity index is 1.27. The number of fused-ring (bicyclic) bond motifs is 2. The van der Waals surface area contributed by atoms with E-state index in [2.05, 4.69) is 82.0 Å². The molecule has 0 atom stereocenters. The normalized spacial score (nSPS) is 11.5. The first-order chi connectivity index (χ1) is 16.1. The molecule has 0 fully saturated rings. The number of hydrogen-bond acceptors (Lipinski definition) is 2. The van der Waals surface area contributed by atoms with Crippen LogP contribution in [0.5, 0.6) is 0 Å². The summed E-state index contributed by atoms with van der Waals surface area (Å²) in [6.07, 6.45) is 4.13. The second kappa shape index (κ2) is 7.71. The summed E-state index contributed by atoms with van der Waals surface area (Å²) >= 11 is 0. The highest BCUT2D eigenvalue weighted by Crippen LogP contribution is 2.26. The minimum absolute atomic E-state index is 0.670. The summed E-state index contributed by atoms with van der Waals surface area (Å²) in [6, 6.07) is 25.3. The highest BCUT2D eigenvalue weighted by molar-refractivity contribution is 5.78. The van der Waals surface area contributed by atoms with Gasteiger partial charge in [-0.25, -0.2) is 9.97 Å². The Morgan fingerprint density at radius 2 is 1.45 bits per heavy atom. The number of imidazole rings is 2. The zero-order valence-electron chi connectivity index (χ0n) is 18.6. The first-order valence-corrected chi connectivity index (χ1v) is 11.1. The number of para-hydroxylation sites is 2. The van der Waals surface area contributed by atoms with Gasteiger partial charge in [0.2, 0.25) is 6.54 Å². The minimum atomic E-state index is 0.670. The molecule has 0 aliphatic rings. The van der Waals surface area contributed by atoms with E-state index in [0.717, 1.165) is 39.3 Å². The number of nitrogens with one attached hydrogen (secondary N) is 2. The number of rotatable bonds is 4. The predicted octanol–water partition coefficient (Wildman–Crippen LogP) is 5.73. The van der Waals surface area contributed by atoms with Crippen molar-refractivity contribution in [2.45, 2.75) is 20.4 Å². The van der Waals surface area contributed by atoms with E-state index in [1.807, 2.05) is 36.5 Å². The molecule has 0 bridgehead atoms. The fourth-order valence-corrected chi connectivity index (χ4v) is 4.23. The molecule has 3 heterocycles. The van der Waals surface area contributed by atoms with Crippen molar-refractivity contribution in [2.75, 3.05) is 0 Å². The van der Waals surface area contributed by atoms with Crippen LogP contribution in [-0.4, -0.2) is 19.9 Å². The fraction of sp³-hybridized carbons (Fsp3) is 0.107. The monoisotopic (exact) mass is 430 g/mol. The van der Waals surface area contributed by atoms with E-state index in [4.69, 9.17) is 4.98 Å². The van der Waals surface area contributed by atoms with Gasteiger partial charge in [-0.3, -0.25) is 0 Å². The van der Waals surface area contributed by atoms with Crippen LogP contribution >= 0.6 is 0 Å². The average Bonchev–Trinajstić information content (AvgIpc) is 3.44.